The SMILES string of the molecule is c1ccc(-c2nc(-c3cccc(-c4ccccn4)c3)cc(-c3cc(-c4ccnc5c4Cc4ccccc4-5)cc(-c4cc5ccccc5c5ccccc45)c3)n2)cc1. The lowest BCUT2D eigenvalue weighted by molar-refractivity contribution is 1.18. The molecule has 0 fully saturated rings. The van der Waals surface area contributed by atoms with E-state index in [1.54, 1.807) is 0 Å². The quantitative estimate of drug-likeness (QED) is 0.160. The predicted octanol–water partition coefficient (Wildman–Crippen LogP) is 13.1. The van der Waals surface area contributed by atoms with Crippen LogP contribution in [0.2, 0.25) is 0 Å². The van der Waals surface area contributed by atoms with Crippen molar-refractivity contribution in [3.63, 3.8) is 0 Å². The second kappa shape index (κ2) is 13.6. The lowest BCUT2D eigenvalue weighted by atomic mass is 9.89. The molecule has 7 aromatic carbocycles. The minimum atomic E-state index is 0.676. The molecule has 0 amide bonds. The highest BCUT2D eigenvalue weighted by Crippen LogP contribution is 2.44. The minimum Gasteiger partial charge on any atom is -0.256 e. The molecule has 57 heavy (non-hydrogen) atoms. The summed E-state index contributed by atoms with van der Waals surface area (Å²) in [5, 5.41) is 4.91. The lowest BCUT2D eigenvalue weighted by Crippen LogP contribution is -1.97. The summed E-state index contributed by atoms with van der Waals surface area (Å²) in [5.74, 6) is 0.676. The number of hydrogen-bond acceptors (Lipinski definition) is 4. The first-order chi connectivity index (χ1) is 28.2. The maximum atomic E-state index is 5.33. The van der Waals surface area contributed by atoms with Gasteiger partial charge in [-0.2, -0.15) is 0 Å². The van der Waals surface area contributed by atoms with E-state index in [-0.39, 0.29) is 0 Å². The molecule has 0 atom stereocenters. The molecule has 1 aliphatic carbocycles. The van der Waals surface area contributed by atoms with E-state index >= 15 is 0 Å². The number of pyridine rings is 2. The minimum absolute atomic E-state index is 0.676. The highest BCUT2D eigenvalue weighted by Gasteiger charge is 2.24. The van der Waals surface area contributed by atoms with E-state index in [4.69, 9.17) is 15.0 Å². The van der Waals surface area contributed by atoms with Gasteiger partial charge in [-0.15, -0.1) is 0 Å². The Morgan fingerprint density at radius 1 is 0.351 bits per heavy atom. The van der Waals surface area contributed by atoms with Crippen LogP contribution in [0.1, 0.15) is 11.1 Å². The van der Waals surface area contributed by atoms with E-state index in [2.05, 4.69) is 151 Å². The number of fused-ring (bicyclic) bond motifs is 6. The molecule has 266 valence electrons. The Morgan fingerprint density at radius 3 is 1.84 bits per heavy atom. The first-order valence-corrected chi connectivity index (χ1v) is 19.3. The van der Waals surface area contributed by atoms with E-state index in [0.29, 0.717) is 5.82 Å². The maximum Gasteiger partial charge on any atom is 0.160 e. The largest absolute Gasteiger partial charge is 0.256 e. The molecule has 0 aliphatic heterocycles. The lowest BCUT2D eigenvalue weighted by Gasteiger charge is -2.16. The Labute approximate surface area is 330 Å². The second-order valence-electron chi connectivity index (χ2n) is 14.6. The Bertz CT molecular complexity index is 3150. The highest BCUT2D eigenvalue weighted by molar-refractivity contribution is 6.14. The standard InChI is InChI=1S/C53H34N4/c1-2-13-34(14-3-1)53-56-50(38-18-12-17-37(27-38)49-23-10-11-25-54-49)33-51(57-53)41-29-39(43-24-26-55-52-44-20-7-5-16-36(44)32-48(43)52)28-40(30-41)47-31-35-15-4-6-19-42(35)45-21-8-9-22-46(45)47/h1-31,33H,32H2. The zero-order valence-electron chi connectivity index (χ0n) is 31.0. The summed E-state index contributed by atoms with van der Waals surface area (Å²) >= 11 is 0. The van der Waals surface area contributed by atoms with Crippen molar-refractivity contribution in [1.29, 1.82) is 0 Å². The summed E-state index contributed by atoms with van der Waals surface area (Å²) in [5.41, 5.74) is 16.1. The van der Waals surface area contributed by atoms with Crippen LogP contribution in [0.15, 0.2) is 194 Å². The van der Waals surface area contributed by atoms with Gasteiger partial charge in [-0.3, -0.25) is 9.97 Å². The van der Waals surface area contributed by atoms with Crippen LogP contribution in [0.25, 0.3) is 100 Å². The van der Waals surface area contributed by atoms with Gasteiger partial charge in [0.2, 0.25) is 0 Å². The summed E-state index contributed by atoms with van der Waals surface area (Å²) < 4.78 is 0. The first-order valence-electron chi connectivity index (χ1n) is 19.3. The van der Waals surface area contributed by atoms with Gasteiger partial charge in [0.25, 0.3) is 0 Å². The van der Waals surface area contributed by atoms with Gasteiger partial charge in [0.15, 0.2) is 5.82 Å². The fourth-order valence-corrected chi connectivity index (χ4v) is 8.48. The van der Waals surface area contributed by atoms with Crippen LogP contribution in [0.4, 0.5) is 0 Å². The van der Waals surface area contributed by atoms with Gasteiger partial charge in [0, 0.05) is 46.6 Å². The third kappa shape index (κ3) is 5.87. The van der Waals surface area contributed by atoms with Crippen molar-refractivity contribution in [3.05, 3.63) is 206 Å². The van der Waals surface area contributed by atoms with Crippen LogP contribution in [0.3, 0.4) is 0 Å². The van der Waals surface area contributed by atoms with Gasteiger partial charge in [-0.1, -0.05) is 127 Å². The van der Waals surface area contributed by atoms with E-state index in [1.165, 1.54) is 49.4 Å². The van der Waals surface area contributed by atoms with E-state index in [1.807, 2.05) is 48.8 Å². The number of benzene rings is 7. The zero-order chi connectivity index (χ0) is 37.7. The molecule has 0 unspecified atom stereocenters. The van der Waals surface area contributed by atoms with Crippen molar-refractivity contribution in [2.24, 2.45) is 0 Å². The molecular weight excluding hydrogens is 693 g/mol. The van der Waals surface area contributed by atoms with Gasteiger partial charge in [-0.05, 0) is 110 Å². The molecule has 4 heteroatoms. The molecule has 4 nitrogen and oxygen atoms in total. The van der Waals surface area contributed by atoms with Crippen molar-refractivity contribution in [2.45, 2.75) is 6.42 Å². The Balaban J connectivity index is 1.17. The van der Waals surface area contributed by atoms with Gasteiger partial charge < -0.3 is 0 Å². The smallest absolute Gasteiger partial charge is 0.160 e. The van der Waals surface area contributed by atoms with Crippen LogP contribution < -0.4 is 0 Å². The average Bonchev–Trinajstić information content (AvgIpc) is 3.68. The van der Waals surface area contributed by atoms with Gasteiger partial charge in [0.1, 0.15) is 0 Å². The van der Waals surface area contributed by atoms with E-state index in [0.717, 1.165) is 62.6 Å². The van der Waals surface area contributed by atoms with Crippen molar-refractivity contribution in [1.82, 2.24) is 19.9 Å². The fraction of sp³-hybridized carbons (Fsp3) is 0.0189. The third-order valence-electron chi connectivity index (χ3n) is 11.2. The molecule has 1 aliphatic rings. The summed E-state index contributed by atoms with van der Waals surface area (Å²) in [6.45, 7) is 0. The van der Waals surface area contributed by atoms with E-state index in [9.17, 15) is 0 Å². The Kier molecular flexibility index (Phi) is 7.85. The van der Waals surface area contributed by atoms with Gasteiger partial charge in [-0.25, -0.2) is 9.97 Å². The molecule has 0 N–H and O–H groups in total. The molecule has 3 aromatic heterocycles. The average molecular weight is 727 g/mol. The maximum absolute atomic E-state index is 5.33. The van der Waals surface area contributed by atoms with Crippen molar-refractivity contribution >= 4 is 21.5 Å². The van der Waals surface area contributed by atoms with Gasteiger partial charge >= 0.3 is 0 Å². The molecule has 11 rings (SSSR count). The van der Waals surface area contributed by atoms with Crippen molar-refractivity contribution in [3.8, 4) is 78.7 Å². The summed E-state index contributed by atoms with van der Waals surface area (Å²) in [6, 6.07) is 64.4. The summed E-state index contributed by atoms with van der Waals surface area (Å²) in [7, 11) is 0. The molecule has 0 bridgehead atoms. The third-order valence-corrected chi connectivity index (χ3v) is 11.2. The molecule has 0 radical (unpaired) electrons. The Morgan fingerprint density at radius 2 is 1.00 bits per heavy atom. The molecule has 0 saturated heterocycles. The van der Waals surface area contributed by atoms with E-state index < -0.39 is 0 Å². The van der Waals surface area contributed by atoms with Crippen LogP contribution in [-0.4, -0.2) is 19.9 Å². The van der Waals surface area contributed by atoms with Crippen LogP contribution in [-0.2, 0) is 6.42 Å². The monoisotopic (exact) mass is 726 g/mol. The first kappa shape index (κ1) is 32.8. The number of nitrogens with zero attached hydrogens (tertiary/aromatic N) is 4. The van der Waals surface area contributed by atoms with Crippen LogP contribution >= 0.6 is 0 Å². The fourth-order valence-electron chi connectivity index (χ4n) is 8.48. The van der Waals surface area contributed by atoms with Crippen LogP contribution in [0, 0.1) is 0 Å². The molecule has 3 heterocycles. The molecule has 0 spiro atoms. The summed E-state index contributed by atoms with van der Waals surface area (Å²) in [6.07, 6.45) is 4.63. The summed E-state index contributed by atoms with van der Waals surface area (Å²) in [4.78, 5) is 20.1. The highest BCUT2D eigenvalue weighted by atomic mass is 14.9. The number of aromatic nitrogens is 4. The molecule has 0 saturated carbocycles. The van der Waals surface area contributed by atoms with Crippen molar-refractivity contribution < 1.29 is 0 Å². The van der Waals surface area contributed by atoms with Gasteiger partial charge in [0.05, 0.1) is 22.8 Å². The number of rotatable bonds is 6. The van der Waals surface area contributed by atoms with Crippen LogP contribution in [0.5, 0.6) is 0 Å². The normalized spacial score (nSPS) is 11.8. The Hall–Kier alpha value is -7.56. The number of hydrogen-bond donors (Lipinski definition) is 0. The van der Waals surface area contributed by atoms with Crippen molar-refractivity contribution in [2.75, 3.05) is 0 Å². The topological polar surface area (TPSA) is 51.6 Å². The predicted molar refractivity (Wildman–Crippen MR) is 233 cm³/mol. The molecular formula is C53H34N4. The molecule has 10 aromatic rings. The zero-order valence-corrected chi connectivity index (χ0v) is 31.0. The second-order valence-corrected chi connectivity index (χ2v) is 14.6.